The first-order valence-electron chi connectivity index (χ1n) is 6.54. The Hall–Kier alpha value is -2.37. The maximum absolute atomic E-state index is 11.1. The molecule has 0 amide bonds. The van der Waals surface area contributed by atoms with Crippen molar-refractivity contribution in [3.05, 3.63) is 52.1 Å². The van der Waals surface area contributed by atoms with E-state index >= 15 is 0 Å². The Kier molecular flexibility index (Phi) is 4.02. The first-order chi connectivity index (χ1) is 9.52. The zero-order valence-corrected chi connectivity index (χ0v) is 11.8. The molecule has 1 atom stereocenters. The quantitative estimate of drug-likeness (QED) is 0.671. The molecule has 0 saturated carbocycles. The van der Waals surface area contributed by atoms with E-state index in [1.54, 1.807) is 18.3 Å². The van der Waals surface area contributed by atoms with Crippen molar-refractivity contribution in [2.24, 2.45) is 7.05 Å². The van der Waals surface area contributed by atoms with Crippen LogP contribution in [0.15, 0.2) is 30.6 Å². The Morgan fingerprint density at radius 3 is 2.80 bits per heavy atom. The van der Waals surface area contributed by atoms with Gasteiger partial charge in [-0.3, -0.25) is 10.1 Å². The van der Waals surface area contributed by atoms with Gasteiger partial charge in [0, 0.05) is 36.8 Å². The average molecular weight is 274 g/mol. The molecule has 1 unspecified atom stereocenters. The zero-order valence-electron chi connectivity index (χ0n) is 11.8. The largest absolute Gasteiger partial charge is 0.375 e. The molecular formula is C14H18N4O2. The lowest BCUT2D eigenvalue weighted by Crippen LogP contribution is -2.12. The maximum Gasteiger partial charge on any atom is 0.274 e. The highest BCUT2D eigenvalue weighted by Crippen LogP contribution is 2.26. The second kappa shape index (κ2) is 5.73. The number of benzene rings is 1. The van der Waals surface area contributed by atoms with Crippen LogP contribution in [0, 0.1) is 10.1 Å². The van der Waals surface area contributed by atoms with Gasteiger partial charge in [0.25, 0.3) is 5.69 Å². The van der Waals surface area contributed by atoms with Gasteiger partial charge >= 0.3 is 0 Å². The lowest BCUT2D eigenvalue weighted by atomic mass is 10.1. The SMILES string of the molecule is CCc1ccc(NC(C)c2nccn2C)cc1[N+](=O)[O-]. The third kappa shape index (κ3) is 2.79. The van der Waals surface area contributed by atoms with Gasteiger partial charge in [0.2, 0.25) is 0 Å². The number of hydrogen-bond acceptors (Lipinski definition) is 4. The van der Waals surface area contributed by atoms with Crippen molar-refractivity contribution in [2.45, 2.75) is 26.3 Å². The zero-order chi connectivity index (χ0) is 14.7. The monoisotopic (exact) mass is 274 g/mol. The van der Waals surface area contributed by atoms with E-state index in [1.807, 2.05) is 37.7 Å². The normalized spacial score (nSPS) is 12.2. The molecule has 0 radical (unpaired) electrons. The molecule has 0 fully saturated rings. The minimum Gasteiger partial charge on any atom is -0.375 e. The summed E-state index contributed by atoms with van der Waals surface area (Å²) in [5, 5.41) is 14.3. The second-order valence-corrected chi connectivity index (χ2v) is 4.72. The van der Waals surface area contributed by atoms with Gasteiger partial charge in [0.05, 0.1) is 11.0 Å². The Morgan fingerprint density at radius 2 is 2.25 bits per heavy atom. The topological polar surface area (TPSA) is 73.0 Å². The molecule has 2 rings (SSSR count). The van der Waals surface area contributed by atoms with Gasteiger partial charge in [0.1, 0.15) is 5.82 Å². The molecule has 0 aliphatic rings. The van der Waals surface area contributed by atoms with Crippen molar-refractivity contribution in [3.63, 3.8) is 0 Å². The van der Waals surface area contributed by atoms with Crippen LogP contribution in [0.2, 0.25) is 0 Å². The molecular weight excluding hydrogens is 256 g/mol. The van der Waals surface area contributed by atoms with Crippen molar-refractivity contribution in [1.82, 2.24) is 9.55 Å². The van der Waals surface area contributed by atoms with Gasteiger partial charge in [-0.1, -0.05) is 13.0 Å². The van der Waals surface area contributed by atoms with Crippen LogP contribution in [0.5, 0.6) is 0 Å². The van der Waals surface area contributed by atoms with Crippen LogP contribution < -0.4 is 5.32 Å². The molecule has 20 heavy (non-hydrogen) atoms. The molecule has 1 aromatic heterocycles. The highest BCUT2D eigenvalue weighted by molar-refractivity contribution is 5.55. The van der Waals surface area contributed by atoms with Crippen LogP contribution in [0.25, 0.3) is 0 Å². The summed E-state index contributed by atoms with van der Waals surface area (Å²) in [6.45, 7) is 3.88. The minimum atomic E-state index is -0.338. The second-order valence-electron chi connectivity index (χ2n) is 4.72. The fourth-order valence-corrected chi connectivity index (χ4v) is 2.23. The van der Waals surface area contributed by atoms with Crippen LogP contribution in [-0.2, 0) is 13.5 Å². The number of anilines is 1. The Labute approximate surface area is 117 Å². The fraction of sp³-hybridized carbons (Fsp3) is 0.357. The summed E-state index contributed by atoms with van der Waals surface area (Å²) in [6.07, 6.45) is 4.25. The predicted octanol–water partition coefficient (Wildman–Crippen LogP) is 3.06. The van der Waals surface area contributed by atoms with Crippen LogP contribution in [0.4, 0.5) is 11.4 Å². The number of hydrogen-bond donors (Lipinski definition) is 1. The molecule has 1 N–H and O–H groups in total. The van der Waals surface area contributed by atoms with Crippen LogP contribution >= 0.6 is 0 Å². The number of aryl methyl sites for hydroxylation is 2. The lowest BCUT2D eigenvalue weighted by Gasteiger charge is -2.15. The summed E-state index contributed by atoms with van der Waals surface area (Å²) in [5.41, 5.74) is 1.62. The number of nitrogens with zero attached hydrogens (tertiary/aromatic N) is 3. The summed E-state index contributed by atoms with van der Waals surface area (Å²) in [7, 11) is 1.92. The number of nitrogens with one attached hydrogen (secondary N) is 1. The number of nitro benzene ring substituents is 1. The summed E-state index contributed by atoms with van der Waals surface area (Å²) < 4.78 is 1.92. The predicted molar refractivity (Wildman–Crippen MR) is 77.7 cm³/mol. The maximum atomic E-state index is 11.1. The van der Waals surface area contributed by atoms with Crippen molar-refractivity contribution in [2.75, 3.05) is 5.32 Å². The average Bonchev–Trinajstić information content (AvgIpc) is 2.85. The highest BCUT2D eigenvalue weighted by Gasteiger charge is 2.15. The molecule has 6 nitrogen and oxygen atoms in total. The van der Waals surface area contributed by atoms with E-state index in [9.17, 15) is 10.1 Å². The summed E-state index contributed by atoms with van der Waals surface area (Å²) >= 11 is 0. The Morgan fingerprint density at radius 1 is 1.50 bits per heavy atom. The summed E-state index contributed by atoms with van der Waals surface area (Å²) in [4.78, 5) is 15.0. The molecule has 0 aliphatic carbocycles. The van der Waals surface area contributed by atoms with E-state index in [0.29, 0.717) is 6.42 Å². The Bertz CT molecular complexity index is 621. The van der Waals surface area contributed by atoms with E-state index < -0.39 is 0 Å². The van der Waals surface area contributed by atoms with Crippen LogP contribution in [-0.4, -0.2) is 14.5 Å². The van der Waals surface area contributed by atoms with Gasteiger partial charge in [-0.2, -0.15) is 0 Å². The minimum absolute atomic E-state index is 0.0259. The van der Waals surface area contributed by atoms with Crippen molar-refractivity contribution < 1.29 is 4.92 Å². The fourth-order valence-electron chi connectivity index (χ4n) is 2.23. The van der Waals surface area contributed by atoms with Gasteiger partial charge in [-0.15, -0.1) is 0 Å². The molecule has 1 heterocycles. The molecule has 0 aliphatic heterocycles. The third-order valence-electron chi connectivity index (χ3n) is 3.29. The first-order valence-corrected chi connectivity index (χ1v) is 6.54. The lowest BCUT2D eigenvalue weighted by molar-refractivity contribution is -0.385. The van der Waals surface area contributed by atoms with Crippen molar-refractivity contribution >= 4 is 11.4 Å². The molecule has 0 bridgehead atoms. The van der Waals surface area contributed by atoms with E-state index in [4.69, 9.17) is 0 Å². The van der Waals surface area contributed by atoms with Gasteiger partial charge in [-0.25, -0.2) is 4.98 Å². The molecule has 6 heteroatoms. The standard InChI is InChI=1S/C14H18N4O2/c1-4-11-5-6-12(9-13(11)18(19)20)16-10(2)14-15-7-8-17(14)3/h5-10,16H,4H2,1-3H3. The number of nitro groups is 1. The van der Waals surface area contributed by atoms with E-state index in [1.165, 1.54) is 0 Å². The van der Waals surface area contributed by atoms with Crippen LogP contribution in [0.1, 0.15) is 31.3 Å². The Balaban J connectivity index is 2.24. The van der Waals surface area contributed by atoms with E-state index in [-0.39, 0.29) is 16.7 Å². The van der Waals surface area contributed by atoms with Gasteiger partial charge < -0.3 is 9.88 Å². The van der Waals surface area contributed by atoms with Gasteiger partial charge in [0.15, 0.2) is 0 Å². The molecule has 106 valence electrons. The number of rotatable bonds is 5. The number of aromatic nitrogens is 2. The van der Waals surface area contributed by atoms with Gasteiger partial charge in [-0.05, 0) is 19.4 Å². The molecule has 0 spiro atoms. The van der Waals surface area contributed by atoms with E-state index in [2.05, 4.69) is 10.3 Å². The molecule has 1 aromatic carbocycles. The highest BCUT2D eigenvalue weighted by atomic mass is 16.6. The molecule has 0 saturated heterocycles. The smallest absolute Gasteiger partial charge is 0.274 e. The number of imidazole rings is 1. The molecule has 2 aromatic rings. The first kappa shape index (κ1) is 14.0. The summed E-state index contributed by atoms with van der Waals surface area (Å²) in [6, 6.07) is 5.22. The van der Waals surface area contributed by atoms with E-state index in [0.717, 1.165) is 17.1 Å². The summed E-state index contributed by atoms with van der Waals surface area (Å²) in [5.74, 6) is 0.882. The third-order valence-corrected chi connectivity index (χ3v) is 3.29. The van der Waals surface area contributed by atoms with Crippen molar-refractivity contribution in [1.29, 1.82) is 0 Å². The van der Waals surface area contributed by atoms with Crippen molar-refractivity contribution in [3.8, 4) is 0 Å². The van der Waals surface area contributed by atoms with Crippen LogP contribution in [0.3, 0.4) is 0 Å².